The van der Waals surface area contributed by atoms with E-state index in [1.54, 1.807) is 6.92 Å². The minimum Gasteiger partial charge on any atom is -0.449 e. The highest BCUT2D eigenvalue weighted by atomic mass is 16.6. The number of carbonyl (C=O) groups excluding carboxylic acids is 1. The Hall–Kier alpha value is -2.28. The van der Waals surface area contributed by atoms with Crippen LogP contribution in [0.2, 0.25) is 0 Å². The van der Waals surface area contributed by atoms with Gasteiger partial charge in [-0.25, -0.2) is 4.79 Å². The van der Waals surface area contributed by atoms with Gasteiger partial charge in [0.25, 0.3) is 0 Å². The molecule has 2 rings (SSSR count). The SMILES string of the molecule is CCOC(=O)N1c2ccccc2C=C(C)C1C#N. The van der Waals surface area contributed by atoms with E-state index >= 15 is 0 Å². The molecule has 0 aliphatic carbocycles. The lowest BCUT2D eigenvalue weighted by atomic mass is 9.98. The Morgan fingerprint density at radius 3 is 2.89 bits per heavy atom. The maximum absolute atomic E-state index is 12.0. The fourth-order valence-electron chi connectivity index (χ4n) is 2.05. The summed E-state index contributed by atoms with van der Waals surface area (Å²) in [5, 5.41) is 9.23. The van der Waals surface area contributed by atoms with E-state index in [0.717, 1.165) is 11.1 Å². The van der Waals surface area contributed by atoms with Crippen molar-refractivity contribution in [3.8, 4) is 6.07 Å². The number of fused-ring (bicyclic) bond motifs is 1. The lowest BCUT2D eigenvalue weighted by molar-refractivity contribution is 0.159. The van der Waals surface area contributed by atoms with Crippen LogP contribution in [-0.2, 0) is 4.74 Å². The number of hydrogen-bond donors (Lipinski definition) is 0. The predicted octanol–water partition coefficient (Wildman–Crippen LogP) is 2.96. The molecule has 92 valence electrons. The summed E-state index contributed by atoms with van der Waals surface area (Å²) in [6.45, 7) is 3.88. The summed E-state index contributed by atoms with van der Waals surface area (Å²) in [7, 11) is 0. The van der Waals surface area contributed by atoms with E-state index in [9.17, 15) is 10.1 Å². The largest absolute Gasteiger partial charge is 0.449 e. The Bertz CT molecular complexity index is 543. The second-order valence-electron chi connectivity index (χ2n) is 4.05. The standard InChI is InChI=1S/C14H14N2O2/c1-3-18-14(17)16-12-7-5-4-6-11(12)8-10(2)13(16)9-15/h4-8,13H,3H2,1-2H3. The molecule has 18 heavy (non-hydrogen) atoms. The lowest BCUT2D eigenvalue weighted by Crippen LogP contribution is -2.42. The number of benzene rings is 1. The Morgan fingerprint density at radius 1 is 1.50 bits per heavy atom. The molecule has 0 N–H and O–H groups in total. The van der Waals surface area contributed by atoms with E-state index in [1.807, 2.05) is 37.3 Å². The highest BCUT2D eigenvalue weighted by molar-refractivity contribution is 5.95. The Morgan fingerprint density at radius 2 is 2.22 bits per heavy atom. The first-order valence-electron chi connectivity index (χ1n) is 5.82. The molecule has 0 spiro atoms. The van der Waals surface area contributed by atoms with Crippen molar-refractivity contribution in [2.24, 2.45) is 0 Å². The first-order chi connectivity index (χ1) is 8.69. The third-order valence-electron chi connectivity index (χ3n) is 2.86. The molecule has 4 heteroatoms. The van der Waals surface area contributed by atoms with Crippen LogP contribution in [0.15, 0.2) is 29.8 Å². The van der Waals surface area contributed by atoms with Crippen molar-refractivity contribution in [2.45, 2.75) is 19.9 Å². The molecule has 1 aromatic rings. The molecular formula is C14H14N2O2. The average Bonchev–Trinajstić information content (AvgIpc) is 2.37. The van der Waals surface area contributed by atoms with Gasteiger partial charge in [-0.15, -0.1) is 0 Å². The molecule has 0 saturated carbocycles. The zero-order valence-corrected chi connectivity index (χ0v) is 10.4. The number of hydrogen-bond acceptors (Lipinski definition) is 3. The summed E-state index contributed by atoms with van der Waals surface area (Å²) in [6, 6.07) is 9.02. The van der Waals surface area contributed by atoms with Crippen molar-refractivity contribution in [1.29, 1.82) is 5.26 Å². The number of para-hydroxylation sites is 1. The summed E-state index contributed by atoms with van der Waals surface area (Å²) in [5.74, 6) is 0. The van der Waals surface area contributed by atoms with E-state index in [0.29, 0.717) is 12.3 Å². The fraction of sp³-hybridized carbons (Fsp3) is 0.286. The molecule has 0 aromatic heterocycles. The molecule has 1 aromatic carbocycles. The van der Waals surface area contributed by atoms with Crippen molar-refractivity contribution in [3.63, 3.8) is 0 Å². The summed E-state index contributed by atoms with van der Waals surface area (Å²) < 4.78 is 5.03. The van der Waals surface area contributed by atoms with Crippen LogP contribution >= 0.6 is 0 Å². The topological polar surface area (TPSA) is 53.3 Å². The molecule has 1 aliphatic rings. The average molecular weight is 242 g/mol. The number of amides is 1. The highest BCUT2D eigenvalue weighted by Crippen LogP contribution is 2.32. The maximum atomic E-state index is 12.0. The van der Waals surface area contributed by atoms with Crippen molar-refractivity contribution < 1.29 is 9.53 Å². The number of ether oxygens (including phenoxy) is 1. The minimum absolute atomic E-state index is 0.290. The summed E-state index contributed by atoms with van der Waals surface area (Å²) in [5.41, 5.74) is 2.48. The van der Waals surface area contributed by atoms with E-state index in [4.69, 9.17) is 4.74 Å². The first-order valence-corrected chi connectivity index (χ1v) is 5.82. The maximum Gasteiger partial charge on any atom is 0.415 e. The zero-order valence-electron chi connectivity index (χ0n) is 10.4. The van der Waals surface area contributed by atoms with Gasteiger partial charge in [-0.05, 0) is 31.1 Å². The second-order valence-corrected chi connectivity index (χ2v) is 4.05. The molecule has 0 saturated heterocycles. The summed E-state index contributed by atoms with van der Waals surface area (Å²) in [6.07, 6.45) is 1.45. The molecule has 0 bridgehead atoms. The fourth-order valence-corrected chi connectivity index (χ4v) is 2.05. The molecular weight excluding hydrogens is 228 g/mol. The minimum atomic E-state index is -0.598. The third-order valence-corrected chi connectivity index (χ3v) is 2.86. The van der Waals surface area contributed by atoms with Crippen LogP contribution < -0.4 is 4.90 Å². The van der Waals surface area contributed by atoms with Gasteiger partial charge in [-0.2, -0.15) is 5.26 Å². The van der Waals surface area contributed by atoms with E-state index in [-0.39, 0.29) is 0 Å². The number of nitriles is 1. The van der Waals surface area contributed by atoms with Crippen LogP contribution in [0.3, 0.4) is 0 Å². The van der Waals surface area contributed by atoms with Gasteiger partial charge in [0.2, 0.25) is 0 Å². The van der Waals surface area contributed by atoms with Gasteiger partial charge in [-0.3, -0.25) is 4.90 Å². The van der Waals surface area contributed by atoms with E-state index in [2.05, 4.69) is 6.07 Å². The van der Waals surface area contributed by atoms with Gasteiger partial charge in [0.1, 0.15) is 6.04 Å². The number of anilines is 1. The second kappa shape index (κ2) is 4.92. The molecule has 1 atom stereocenters. The summed E-state index contributed by atoms with van der Waals surface area (Å²) in [4.78, 5) is 13.4. The number of rotatable bonds is 1. The normalized spacial score (nSPS) is 17.5. The van der Waals surface area contributed by atoms with Gasteiger partial charge in [0.05, 0.1) is 18.4 Å². The van der Waals surface area contributed by atoms with Gasteiger partial charge >= 0.3 is 6.09 Å². The van der Waals surface area contributed by atoms with Crippen molar-refractivity contribution >= 4 is 17.9 Å². The van der Waals surface area contributed by atoms with Crippen LogP contribution in [-0.4, -0.2) is 18.7 Å². The molecule has 0 radical (unpaired) electrons. The van der Waals surface area contributed by atoms with Crippen LogP contribution in [0.25, 0.3) is 6.08 Å². The van der Waals surface area contributed by atoms with Crippen molar-refractivity contribution in [2.75, 3.05) is 11.5 Å². The zero-order chi connectivity index (χ0) is 13.1. The van der Waals surface area contributed by atoms with Gasteiger partial charge in [-0.1, -0.05) is 24.3 Å². The summed E-state index contributed by atoms with van der Waals surface area (Å²) >= 11 is 0. The number of nitrogens with zero attached hydrogens (tertiary/aromatic N) is 2. The third kappa shape index (κ3) is 1.95. The molecule has 1 amide bonds. The van der Waals surface area contributed by atoms with Gasteiger partial charge in [0, 0.05) is 0 Å². The predicted molar refractivity (Wildman–Crippen MR) is 69.0 cm³/mol. The Kier molecular flexibility index (Phi) is 3.33. The van der Waals surface area contributed by atoms with Crippen LogP contribution in [0, 0.1) is 11.3 Å². The van der Waals surface area contributed by atoms with E-state index in [1.165, 1.54) is 4.90 Å². The molecule has 1 aliphatic heterocycles. The van der Waals surface area contributed by atoms with E-state index < -0.39 is 12.1 Å². The molecule has 1 heterocycles. The van der Waals surface area contributed by atoms with Crippen molar-refractivity contribution in [1.82, 2.24) is 0 Å². The first kappa shape index (κ1) is 12.2. The smallest absolute Gasteiger partial charge is 0.415 e. The van der Waals surface area contributed by atoms with Gasteiger partial charge in [0.15, 0.2) is 0 Å². The Labute approximate surface area is 106 Å². The molecule has 0 fully saturated rings. The van der Waals surface area contributed by atoms with Crippen LogP contribution in [0.4, 0.5) is 10.5 Å². The molecule has 1 unspecified atom stereocenters. The van der Waals surface area contributed by atoms with Gasteiger partial charge < -0.3 is 4.74 Å². The Balaban J connectivity index is 2.51. The number of carbonyl (C=O) groups is 1. The lowest BCUT2D eigenvalue weighted by Gasteiger charge is -2.31. The quantitative estimate of drug-likeness (QED) is 0.760. The van der Waals surface area contributed by atoms with Crippen LogP contribution in [0.1, 0.15) is 19.4 Å². The molecule has 4 nitrogen and oxygen atoms in total. The highest BCUT2D eigenvalue weighted by Gasteiger charge is 2.32. The van der Waals surface area contributed by atoms with Crippen LogP contribution in [0.5, 0.6) is 0 Å². The monoisotopic (exact) mass is 242 g/mol. The van der Waals surface area contributed by atoms with Crippen molar-refractivity contribution in [3.05, 3.63) is 35.4 Å².